The van der Waals surface area contributed by atoms with Gasteiger partial charge in [0.2, 0.25) is 0 Å². The lowest BCUT2D eigenvalue weighted by Crippen LogP contribution is -2.39. The number of carboxylic acid groups (broad SMARTS) is 1. The molecule has 1 aliphatic heterocycles. The topological polar surface area (TPSA) is 75.1 Å². The highest BCUT2D eigenvalue weighted by Crippen LogP contribution is 2.45. The number of aliphatic carboxylic acids is 1. The zero-order valence-corrected chi connectivity index (χ0v) is 30.6. The van der Waals surface area contributed by atoms with Crippen LogP contribution >= 0.6 is 0 Å². The summed E-state index contributed by atoms with van der Waals surface area (Å²) in [5, 5.41) is 10.7. The number of carboxylic acids is 1. The second-order valence-corrected chi connectivity index (χ2v) is 15.3. The van der Waals surface area contributed by atoms with Crippen molar-refractivity contribution in [1.29, 1.82) is 0 Å². The summed E-state index contributed by atoms with van der Waals surface area (Å²) in [6, 6.07) is 24.8. The van der Waals surface area contributed by atoms with Crippen molar-refractivity contribution in [3.8, 4) is 16.9 Å². The van der Waals surface area contributed by atoms with Crippen LogP contribution in [0.15, 0.2) is 78.9 Å². The highest BCUT2D eigenvalue weighted by Gasteiger charge is 2.37. The van der Waals surface area contributed by atoms with Gasteiger partial charge in [0.25, 0.3) is 0 Å². The lowest BCUT2D eigenvalue weighted by Gasteiger charge is -2.41. The van der Waals surface area contributed by atoms with Crippen LogP contribution in [-0.2, 0) is 29.0 Å². The van der Waals surface area contributed by atoms with Crippen LogP contribution < -0.4 is 9.64 Å². The van der Waals surface area contributed by atoms with E-state index in [-0.39, 0.29) is 11.2 Å². The van der Waals surface area contributed by atoms with Gasteiger partial charge in [-0.15, -0.1) is 0 Å². The molecule has 1 aliphatic rings. The second kappa shape index (κ2) is 15.7. The van der Waals surface area contributed by atoms with Crippen LogP contribution in [0, 0.1) is 18.2 Å². The van der Waals surface area contributed by atoms with Gasteiger partial charge < -0.3 is 19.5 Å². The van der Waals surface area contributed by atoms with E-state index >= 15 is 0 Å². The number of aromatic nitrogens is 1. The van der Waals surface area contributed by atoms with Gasteiger partial charge in [-0.3, -0.25) is 9.88 Å². The number of piperidine rings is 1. The van der Waals surface area contributed by atoms with Gasteiger partial charge in [0.1, 0.15) is 11.6 Å². The first-order valence-corrected chi connectivity index (χ1v) is 17.6. The Morgan fingerprint density at radius 1 is 0.960 bits per heavy atom. The molecule has 0 radical (unpaired) electrons. The molecule has 1 fully saturated rings. The fourth-order valence-electron chi connectivity index (χ4n) is 6.61. The number of rotatable bonds is 13. The second-order valence-electron chi connectivity index (χ2n) is 15.3. The van der Waals surface area contributed by atoms with E-state index in [4.69, 9.17) is 14.5 Å². The molecule has 7 nitrogen and oxygen atoms in total. The number of hydrogen-bond donors (Lipinski definition) is 1. The summed E-state index contributed by atoms with van der Waals surface area (Å²) in [7, 11) is 2.09. The van der Waals surface area contributed by atoms with Gasteiger partial charge in [0.15, 0.2) is 6.10 Å². The average molecular weight is 682 g/mol. The first-order chi connectivity index (χ1) is 23.7. The van der Waals surface area contributed by atoms with Crippen LogP contribution in [0.4, 0.5) is 10.1 Å². The van der Waals surface area contributed by atoms with Crippen LogP contribution in [-0.4, -0.2) is 53.3 Å². The molecule has 5 rings (SSSR count). The minimum Gasteiger partial charge on any atom is -0.493 e. The molecule has 2 heterocycles. The van der Waals surface area contributed by atoms with Crippen molar-refractivity contribution in [2.24, 2.45) is 5.41 Å². The van der Waals surface area contributed by atoms with Crippen LogP contribution in [0.2, 0.25) is 0 Å². The van der Waals surface area contributed by atoms with Crippen molar-refractivity contribution in [2.75, 3.05) is 31.6 Å². The quantitative estimate of drug-likeness (QED) is 0.151. The number of hydrogen-bond acceptors (Lipinski definition) is 6. The molecular weight excluding hydrogens is 629 g/mol. The number of ether oxygens (including phenoxy) is 2. The van der Waals surface area contributed by atoms with E-state index in [1.807, 2.05) is 70.2 Å². The number of benzene rings is 3. The summed E-state index contributed by atoms with van der Waals surface area (Å²) in [6.07, 6.45) is 1.42. The maximum absolute atomic E-state index is 13.4. The lowest BCUT2D eigenvalue weighted by atomic mass is 9.81. The molecule has 0 bridgehead atoms. The number of halogens is 1. The smallest absolute Gasteiger partial charge is 0.337 e. The van der Waals surface area contributed by atoms with E-state index in [2.05, 4.69) is 42.8 Å². The summed E-state index contributed by atoms with van der Waals surface area (Å²) in [5.74, 6) is -0.565. The first kappa shape index (κ1) is 37.0. The molecule has 0 unspecified atom stereocenters. The van der Waals surface area contributed by atoms with Gasteiger partial charge in [-0.25, -0.2) is 9.18 Å². The van der Waals surface area contributed by atoms with Crippen molar-refractivity contribution >= 4 is 11.7 Å². The zero-order valence-electron chi connectivity index (χ0n) is 30.6. The van der Waals surface area contributed by atoms with E-state index in [0.717, 1.165) is 66.3 Å². The predicted octanol–water partition coefficient (Wildman–Crippen LogP) is 9.02. The highest BCUT2D eigenvalue weighted by molar-refractivity contribution is 5.88. The van der Waals surface area contributed by atoms with E-state index in [9.17, 15) is 14.3 Å². The molecule has 8 heteroatoms. The number of carbonyl (C=O) groups is 1. The summed E-state index contributed by atoms with van der Waals surface area (Å²) in [5.41, 5.74) is 6.61. The maximum Gasteiger partial charge on any atom is 0.337 e. The van der Waals surface area contributed by atoms with Crippen molar-refractivity contribution < 1.29 is 23.8 Å². The fraction of sp³-hybridized carbons (Fsp3) is 0.429. The minimum atomic E-state index is -1.20. The summed E-state index contributed by atoms with van der Waals surface area (Å²) < 4.78 is 25.8. The molecule has 1 saturated heterocycles. The van der Waals surface area contributed by atoms with Crippen LogP contribution in [0.1, 0.15) is 81.6 Å². The largest absolute Gasteiger partial charge is 0.493 e. The number of pyridine rings is 1. The van der Waals surface area contributed by atoms with Crippen molar-refractivity contribution in [2.45, 2.75) is 85.6 Å². The van der Waals surface area contributed by atoms with Crippen LogP contribution in [0.3, 0.4) is 0 Å². The Morgan fingerprint density at radius 3 is 2.20 bits per heavy atom. The molecule has 4 aromatic rings. The molecule has 1 aromatic heterocycles. The molecule has 0 spiro atoms. The third kappa shape index (κ3) is 9.70. The standard InChI is InChI=1S/C42H52FN3O4/c1-29-36(39(40(47)48)50-41(2,3)4)38(46-24-22-42(5,6)23-25-46)37(35(44-29)28-45(7)27-31-11-9-8-10-12-31)32-15-19-34(20-16-32)49-26-21-30-13-17-33(43)18-14-30/h8-20,39H,21-28H2,1-7H3,(H,47,48)/t39-/m0/s1. The third-order valence-electron chi connectivity index (χ3n) is 9.29. The third-order valence-corrected chi connectivity index (χ3v) is 9.29. The Kier molecular flexibility index (Phi) is 11.6. The minimum absolute atomic E-state index is 0.193. The summed E-state index contributed by atoms with van der Waals surface area (Å²) in [6.45, 7) is 15.5. The molecule has 0 amide bonds. The molecule has 0 aliphatic carbocycles. The number of nitrogens with zero attached hydrogens (tertiary/aromatic N) is 3. The average Bonchev–Trinajstić information content (AvgIpc) is 3.05. The molecular formula is C42H52FN3O4. The Labute approximate surface area is 297 Å². The first-order valence-electron chi connectivity index (χ1n) is 17.6. The van der Waals surface area contributed by atoms with E-state index in [1.54, 1.807) is 12.1 Å². The number of aryl methyl sites for hydroxylation is 1. The monoisotopic (exact) mass is 681 g/mol. The van der Waals surface area contributed by atoms with Crippen molar-refractivity contribution in [3.63, 3.8) is 0 Å². The lowest BCUT2D eigenvalue weighted by molar-refractivity contribution is -0.160. The molecule has 50 heavy (non-hydrogen) atoms. The molecule has 1 atom stereocenters. The molecule has 0 saturated carbocycles. The van der Waals surface area contributed by atoms with Gasteiger partial charge in [0.05, 0.1) is 23.6 Å². The normalized spacial score (nSPS) is 15.3. The molecule has 266 valence electrons. The molecule has 3 aromatic carbocycles. The van der Waals surface area contributed by atoms with Gasteiger partial charge in [-0.2, -0.15) is 0 Å². The number of anilines is 1. The van der Waals surface area contributed by atoms with Gasteiger partial charge >= 0.3 is 5.97 Å². The zero-order chi connectivity index (χ0) is 36.1. The summed E-state index contributed by atoms with van der Waals surface area (Å²) in [4.78, 5) is 22.8. The predicted molar refractivity (Wildman–Crippen MR) is 198 cm³/mol. The Morgan fingerprint density at radius 2 is 1.60 bits per heavy atom. The van der Waals surface area contributed by atoms with Crippen LogP contribution in [0.25, 0.3) is 11.1 Å². The van der Waals surface area contributed by atoms with Gasteiger partial charge in [-0.1, -0.05) is 68.4 Å². The van der Waals surface area contributed by atoms with Gasteiger partial charge in [0, 0.05) is 49.4 Å². The molecule has 1 N–H and O–H groups in total. The van der Waals surface area contributed by atoms with Gasteiger partial charge in [-0.05, 0) is 94.0 Å². The highest BCUT2D eigenvalue weighted by atomic mass is 19.1. The summed E-state index contributed by atoms with van der Waals surface area (Å²) >= 11 is 0. The van der Waals surface area contributed by atoms with Crippen molar-refractivity contribution in [3.05, 3.63) is 113 Å². The Balaban J connectivity index is 1.59. The Hall–Kier alpha value is -4.27. The van der Waals surface area contributed by atoms with Crippen molar-refractivity contribution in [1.82, 2.24) is 9.88 Å². The fourth-order valence-corrected chi connectivity index (χ4v) is 6.61. The van der Waals surface area contributed by atoms with E-state index < -0.39 is 17.7 Å². The van der Waals surface area contributed by atoms with E-state index in [1.165, 1.54) is 17.7 Å². The van der Waals surface area contributed by atoms with Crippen LogP contribution in [0.5, 0.6) is 5.75 Å². The SMILES string of the molecule is Cc1nc(CN(C)Cc2ccccc2)c(-c2ccc(OCCc3ccc(F)cc3)cc2)c(N2CCC(C)(C)CC2)c1[C@H](OC(C)(C)C)C(=O)O. The Bertz CT molecular complexity index is 1720. The van der Waals surface area contributed by atoms with E-state index in [0.29, 0.717) is 30.8 Å². The maximum atomic E-state index is 13.4.